The Labute approximate surface area is 174 Å². The van der Waals surface area contributed by atoms with Crippen LogP contribution in [0.1, 0.15) is 15.9 Å². The first-order chi connectivity index (χ1) is 13.4. The molecular formula is C18H18BrN5O3S. The predicted molar refractivity (Wildman–Crippen MR) is 114 cm³/mol. The molecule has 0 fully saturated rings. The average Bonchev–Trinajstić information content (AvgIpc) is 3.11. The number of hydrogen-bond donors (Lipinski definition) is 3. The average molecular weight is 464 g/mol. The molecule has 1 aliphatic rings. The minimum absolute atomic E-state index is 0.0677. The van der Waals surface area contributed by atoms with E-state index in [1.807, 2.05) is 18.2 Å². The Morgan fingerprint density at radius 3 is 2.61 bits per heavy atom. The van der Waals surface area contributed by atoms with Crippen molar-refractivity contribution in [2.75, 3.05) is 22.2 Å². The highest BCUT2D eigenvalue weighted by molar-refractivity contribution is 9.10. The first-order valence-electron chi connectivity index (χ1n) is 8.28. The number of nitrogens with two attached hydrogens (primary N) is 2. The van der Waals surface area contributed by atoms with Crippen LogP contribution in [0.2, 0.25) is 0 Å². The predicted octanol–water partition coefficient (Wildman–Crippen LogP) is 2.38. The number of hydrogen-bond acceptors (Lipinski definition) is 6. The van der Waals surface area contributed by atoms with E-state index in [1.165, 1.54) is 17.1 Å². The van der Waals surface area contributed by atoms with E-state index >= 15 is 0 Å². The molecule has 5 N–H and O–H groups in total. The van der Waals surface area contributed by atoms with Crippen molar-refractivity contribution >= 4 is 56.1 Å². The van der Waals surface area contributed by atoms with Crippen LogP contribution >= 0.6 is 27.7 Å². The van der Waals surface area contributed by atoms with Gasteiger partial charge in [0.15, 0.2) is 0 Å². The second kappa shape index (κ2) is 8.63. The fourth-order valence-electron chi connectivity index (χ4n) is 2.88. The highest BCUT2D eigenvalue weighted by Gasteiger charge is 2.25. The van der Waals surface area contributed by atoms with Crippen LogP contribution in [0, 0.1) is 0 Å². The van der Waals surface area contributed by atoms with E-state index in [9.17, 15) is 9.59 Å². The number of anilines is 2. The number of rotatable bonds is 4. The third-order valence-electron chi connectivity index (χ3n) is 4.27. The lowest BCUT2D eigenvalue weighted by Crippen LogP contribution is -2.38. The molecule has 28 heavy (non-hydrogen) atoms. The van der Waals surface area contributed by atoms with E-state index < -0.39 is 5.97 Å². The van der Waals surface area contributed by atoms with Crippen LogP contribution in [0.3, 0.4) is 0 Å². The molecule has 0 saturated heterocycles. The second-order valence-corrected chi connectivity index (χ2v) is 7.85. The van der Waals surface area contributed by atoms with Crippen LogP contribution in [0.5, 0.6) is 0 Å². The molecule has 0 atom stereocenters. The van der Waals surface area contributed by atoms with Crippen molar-refractivity contribution in [1.29, 1.82) is 0 Å². The van der Waals surface area contributed by atoms with Gasteiger partial charge in [0.25, 0.3) is 0 Å². The minimum atomic E-state index is -1.03. The van der Waals surface area contributed by atoms with E-state index in [1.54, 1.807) is 17.0 Å². The van der Waals surface area contributed by atoms with Gasteiger partial charge in [0.2, 0.25) is 11.1 Å². The van der Waals surface area contributed by atoms with Gasteiger partial charge in [0.1, 0.15) is 0 Å². The van der Waals surface area contributed by atoms with Crippen molar-refractivity contribution in [3.8, 4) is 0 Å². The third-order valence-corrected chi connectivity index (χ3v) is 5.72. The lowest BCUT2D eigenvalue weighted by Gasteiger charge is -2.21. The van der Waals surface area contributed by atoms with E-state index in [-0.39, 0.29) is 22.4 Å². The number of carboxylic acid groups (broad SMARTS) is 1. The smallest absolute Gasteiger partial charge is 0.335 e. The van der Waals surface area contributed by atoms with Crippen molar-refractivity contribution in [2.24, 2.45) is 16.8 Å². The number of benzene rings is 2. The number of hydrazone groups is 1. The zero-order chi connectivity index (χ0) is 20.3. The summed E-state index contributed by atoms with van der Waals surface area (Å²) in [5, 5.41) is 14.1. The van der Waals surface area contributed by atoms with Crippen LogP contribution in [0.25, 0.3) is 0 Å². The Morgan fingerprint density at radius 1 is 1.25 bits per heavy atom. The monoisotopic (exact) mass is 463 g/mol. The molecule has 0 radical (unpaired) electrons. The van der Waals surface area contributed by atoms with Gasteiger partial charge < -0.3 is 15.8 Å². The van der Waals surface area contributed by atoms with Crippen molar-refractivity contribution in [3.63, 3.8) is 0 Å². The van der Waals surface area contributed by atoms with Gasteiger partial charge in [-0.3, -0.25) is 9.80 Å². The summed E-state index contributed by atoms with van der Waals surface area (Å²) in [5.74, 6) is 10.5. The number of carbonyl (C=O) groups is 2. The molecule has 2 aromatic carbocycles. The summed E-state index contributed by atoms with van der Waals surface area (Å²) in [7, 11) is 0. The van der Waals surface area contributed by atoms with Gasteiger partial charge in [-0.2, -0.15) is 5.10 Å². The summed E-state index contributed by atoms with van der Waals surface area (Å²) < 4.78 is 0.986. The van der Waals surface area contributed by atoms with Crippen LogP contribution in [-0.4, -0.2) is 34.4 Å². The van der Waals surface area contributed by atoms with Crippen molar-refractivity contribution in [1.82, 2.24) is 0 Å². The van der Waals surface area contributed by atoms with Crippen molar-refractivity contribution in [2.45, 2.75) is 6.42 Å². The van der Waals surface area contributed by atoms with Crippen LogP contribution < -0.4 is 21.6 Å². The molecule has 0 spiro atoms. The van der Waals surface area contributed by atoms with Crippen molar-refractivity contribution in [3.05, 3.63) is 58.1 Å². The normalized spacial score (nSPS) is 13.4. The molecule has 0 aromatic heterocycles. The van der Waals surface area contributed by atoms with Gasteiger partial charge in [-0.1, -0.05) is 27.7 Å². The number of fused-ring (bicyclic) bond motifs is 1. The van der Waals surface area contributed by atoms with Crippen LogP contribution in [-0.2, 0) is 11.2 Å². The number of amides is 1. The largest absolute Gasteiger partial charge is 0.478 e. The lowest BCUT2D eigenvalue weighted by molar-refractivity contribution is -0.116. The Bertz CT molecular complexity index is 935. The first kappa shape index (κ1) is 20.2. The number of nitrogens with zero attached hydrogens (tertiary/aromatic N) is 3. The van der Waals surface area contributed by atoms with Crippen LogP contribution in [0.15, 0.2) is 52.0 Å². The summed E-state index contributed by atoms with van der Waals surface area (Å²) in [6, 6.07) is 11.8. The number of hydrazine groups is 1. The van der Waals surface area contributed by atoms with E-state index in [2.05, 4.69) is 21.0 Å². The molecule has 1 heterocycles. The highest BCUT2D eigenvalue weighted by atomic mass is 79.9. The molecule has 8 nitrogen and oxygen atoms in total. The topological polar surface area (TPSA) is 125 Å². The molecule has 3 rings (SSSR count). The maximum atomic E-state index is 12.7. The molecular weight excluding hydrogens is 446 g/mol. The highest BCUT2D eigenvalue weighted by Crippen LogP contribution is 2.31. The molecule has 10 heteroatoms. The zero-order valence-electron chi connectivity index (χ0n) is 14.7. The maximum absolute atomic E-state index is 12.7. The molecule has 1 aliphatic heterocycles. The third kappa shape index (κ3) is 4.29. The number of carboxylic acids is 1. The molecule has 146 valence electrons. The number of aromatic carboxylic acids is 1. The summed E-state index contributed by atoms with van der Waals surface area (Å²) >= 11 is 4.56. The number of thioether (sulfide) groups is 1. The molecule has 0 bridgehead atoms. The number of carbonyl (C=O) groups excluding carboxylic acids is 1. The summed E-state index contributed by atoms with van der Waals surface area (Å²) in [4.78, 5) is 25.4. The van der Waals surface area contributed by atoms with Gasteiger partial charge in [-0.15, -0.1) is 0 Å². The lowest BCUT2D eigenvalue weighted by atomic mass is 10.2. The Morgan fingerprint density at radius 2 is 1.96 bits per heavy atom. The molecule has 0 aliphatic carbocycles. The molecule has 1 amide bonds. The Balaban J connectivity index is 1.64. The summed E-state index contributed by atoms with van der Waals surface area (Å²) in [6.07, 6.45) is 0.807. The maximum Gasteiger partial charge on any atom is 0.335 e. The standard InChI is InChI=1S/C18H18BrN5O3S/c19-13-3-6-15-12(9-13)7-8-23(15)16(25)10-28-18(22-20)24(21)14-4-1-11(2-5-14)17(26)27/h1-6,9H,7-8,10,20-21H2,(H,26,27)/b22-18+. The number of amidine groups is 1. The fraction of sp³-hybridized carbons (Fsp3) is 0.167. The van der Waals surface area contributed by atoms with E-state index in [0.717, 1.165) is 33.9 Å². The molecule has 0 saturated carbocycles. The van der Waals surface area contributed by atoms with Crippen molar-refractivity contribution < 1.29 is 14.7 Å². The quantitative estimate of drug-likeness (QED) is 0.275. The Kier molecular flexibility index (Phi) is 6.22. The van der Waals surface area contributed by atoms with E-state index in [4.69, 9.17) is 16.8 Å². The van der Waals surface area contributed by atoms with Gasteiger partial charge in [0, 0.05) is 16.7 Å². The summed E-state index contributed by atoms with van der Waals surface area (Å²) in [6.45, 7) is 0.628. The second-order valence-electron chi connectivity index (χ2n) is 5.99. The van der Waals surface area contributed by atoms with Gasteiger partial charge in [-0.25, -0.2) is 10.6 Å². The van der Waals surface area contributed by atoms with Gasteiger partial charge in [-0.05, 0) is 54.4 Å². The Hall–Kier alpha value is -2.56. The first-order valence-corrected chi connectivity index (χ1v) is 10.1. The zero-order valence-corrected chi connectivity index (χ0v) is 17.1. The van der Waals surface area contributed by atoms with Crippen LogP contribution in [0.4, 0.5) is 11.4 Å². The number of halogens is 1. The van der Waals surface area contributed by atoms with E-state index in [0.29, 0.717) is 12.2 Å². The molecule has 2 aromatic rings. The summed E-state index contributed by atoms with van der Waals surface area (Å²) in [5.41, 5.74) is 2.68. The van der Waals surface area contributed by atoms with Gasteiger partial charge in [0.05, 0.1) is 17.0 Å². The molecule has 0 unspecified atom stereocenters. The fourth-order valence-corrected chi connectivity index (χ4v) is 4.01. The SMILES string of the molecule is N/N=C(/SCC(=O)N1CCc2cc(Br)ccc21)N(N)c1ccc(C(=O)O)cc1. The van der Waals surface area contributed by atoms with Gasteiger partial charge >= 0.3 is 5.97 Å². The minimum Gasteiger partial charge on any atom is -0.478 e.